The summed E-state index contributed by atoms with van der Waals surface area (Å²) in [4.78, 5) is 4.08. The Kier molecular flexibility index (Phi) is 0.917. The Morgan fingerprint density at radius 2 is 2.30 bits per heavy atom. The highest BCUT2D eigenvalue weighted by Crippen LogP contribution is 2.09. The van der Waals surface area contributed by atoms with E-state index in [1.165, 1.54) is 0 Å². The van der Waals surface area contributed by atoms with E-state index in [1.807, 2.05) is 28.9 Å². The molecule has 0 aliphatic carbocycles. The van der Waals surface area contributed by atoms with E-state index in [2.05, 4.69) is 4.98 Å². The standard InChI is InChI=1S/C7H7N3/c8-6-2-5-10-4-1-3-9-7(6)10/h1-5H,8H2. The summed E-state index contributed by atoms with van der Waals surface area (Å²) in [5.74, 6) is 0. The van der Waals surface area contributed by atoms with Gasteiger partial charge in [-0.3, -0.25) is 0 Å². The molecule has 0 aliphatic rings. The van der Waals surface area contributed by atoms with Gasteiger partial charge in [-0.25, -0.2) is 4.98 Å². The molecule has 2 aromatic heterocycles. The third-order valence-corrected chi connectivity index (χ3v) is 1.45. The lowest BCUT2D eigenvalue weighted by Gasteiger charge is -1.90. The Hall–Kier alpha value is -1.51. The molecule has 0 aliphatic heterocycles. The van der Waals surface area contributed by atoms with Crippen molar-refractivity contribution < 1.29 is 0 Å². The number of nitrogen functional groups attached to an aromatic ring is 1. The fourth-order valence-electron chi connectivity index (χ4n) is 0.961. The Bertz CT molecular complexity index is 350. The molecule has 2 aromatic rings. The summed E-state index contributed by atoms with van der Waals surface area (Å²) >= 11 is 0. The Morgan fingerprint density at radius 3 is 3.10 bits per heavy atom. The number of hydrogen-bond acceptors (Lipinski definition) is 2. The average molecular weight is 133 g/mol. The topological polar surface area (TPSA) is 43.3 Å². The van der Waals surface area contributed by atoms with Gasteiger partial charge in [0.1, 0.15) is 0 Å². The molecule has 0 saturated carbocycles. The molecule has 0 bridgehead atoms. The van der Waals surface area contributed by atoms with Crippen LogP contribution in [-0.2, 0) is 0 Å². The van der Waals surface area contributed by atoms with E-state index >= 15 is 0 Å². The van der Waals surface area contributed by atoms with Crippen LogP contribution in [0.25, 0.3) is 5.65 Å². The Labute approximate surface area is 58.1 Å². The van der Waals surface area contributed by atoms with Crippen molar-refractivity contribution in [2.24, 2.45) is 0 Å². The monoisotopic (exact) mass is 133 g/mol. The van der Waals surface area contributed by atoms with Crippen molar-refractivity contribution in [1.29, 1.82) is 0 Å². The van der Waals surface area contributed by atoms with Gasteiger partial charge in [-0.15, -0.1) is 0 Å². The summed E-state index contributed by atoms with van der Waals surface area (Å²) in [5, 5.41) is 0. The van der Waals surface area contributed by atoms with E-state index in [4.69, 9.17) is 5.73 Å². The van der Waals surface area contributed by atoms with Crippen LogP contribution in [0.5, 0.6) is 0 Å². The third-order valence-electron chi connectivity index (χ3n) is 1.45. The maximum absolute atomic E-state index is 5.59. The molecule has 10 heavy (non-hydrogen) atoms. The highest BCUT2D eigenvalue weighted by Gasteiger charge is 1.95. The van der Waals surface area contributed by atoms with E-state index in [-0.39, 0.29) is 0 Å². The van der Waals surface area contributed by atoms with Gasteiger partial charge in [0.05, 0.1) is 5.69 Å². The SMILES string of the molecule is Nc1ccn2cccnc12. The molecule has 0 spiro atoms. The normalized spacial score (nSPS) is 10.4. The van der Waals surface area contributed by atoms with E-state index in [0.29, 0.717) is 0 Å². The second-order valence-electron chi connectivity index (χ2n) is 2.12. The van der Waals surface area contributed by atoms with Crippen molar-refractivity contribution >= 4 is 11.3 Å². The molecule has 0 atom stereocenters. The van der Waals surface area contributed by atoms with Crippen LogP contribution in [0.2, 0.25) is 0 Å². The van der Waals surface area contributed by atoms with Crippen LogP contribution < -0.4 is 5.73 Å². The number of fused-ring (bicyclic) bond motifs is 1. The molecule has 0 aromatic carbocycles. The van der Waals surface area contributed by atoms with Crippen LogP contribution in [-0.4, -0.2) is 9.38 Å². The van der Waals surface area contributed by atoms with Gasteiger partial charge in [0.2, 0.25) is 0 Å². The first-order valence-electron chi connectivity index (χ1n) is 3.05. The number of aromatic nitrogens is 2. The molecule has 2 rings (SSSR count). The minimum absolute atomic E-state index is 0.723. The average Bonchev–Trinajstić information content (AvgIpc) is 2.34. The largest absolute Gasteiger partial charge is 0.396 e. The molecular formula is C7H7N3. The van der Waals surface area contributed by atoms with Gasteiger partial charge in [-0.2, -0.15) is 0 Å². The molecule has 0 radical (unpaired) electrons. The molecule has 0 fully saturated rings. The predicted octanol–water partition coefficient (Wildman–Crippen LogP) is 0.916. The van der Waals surface area contributed by atoms with Crippen LogP contribution in [0.4, 0.5) is 5.69 Å². The first-order valence-corrected chi connectivity index (χ1v) is 3.05. The number of nitrogens with zero attached hydrogens (tertiary/aromatic N) is 2. The van der Waals surface area contributed by atoms with Crippen molar-refractivity contribution in [2.75, 3.05) is 5.73 Å². The predicted molar refractivity (Wildman–Crippen MR) is 39.6 cm³/mol. The molecule has 0 saturated heterocycles. The molecule has 2 heterocycles. The van der Waals surface area contributed by atoms with Crippen LogP contribution >= 0.6 is 0 Å². The summed E-state index contributed by atoms with van der Waals surface area (Å²) in [6, 6.07) is 3.70. The van der Waals surface area contributed by atoms with Gasteiger partial charge in [0.15, 0.2) is 5.65 Å². The summed E-state index contributed by atoms with van der Waals surface area (Å²) in [5.41, 5.74) is 7.14. The maximum Gasteiger partial charge on any atom is 0.159 e. The number of rotatable bonds is 0. The fraction of sp³-hybridized carbons (Fsp3) is 0. The minimum atomic E-state index is 0.723. The van der Waals surface area contributed by atoms with E-state index in [1.54, 1.807) is 6.20 Å². The molecule has 0 unspecified atom stereocenters. The highest BCUT2D eigenvalue weighted by atomic mass is 15.0. The minimum Gasteiger partial charge on any atom is -0.396 e. The molecule has 3 nitrogen and oxygen atoms in total. The van der Waals surface area contributed by atoms with Gasteiger partial charge in [-0.1, -0.05) is 0 Å². The van der Waals surface area contributed by atoms with Crippen LogP contribution in [0, 0.1) is 0 Å². The molecule has 0 amide bonds. The van der Waals surface area contributed by atoms with Gasteiger partial charge in [0, 0.05) is 18.6 Å². The lowest BCUT2D eigenvalue weighted by atomic mass is 10.5. The van der Waals surface area contributed by atoms with Crippen molar-refractivity contribution in [1.82, 2.24) is 9.38 Å². The lowest BCUT2D eigenvalue weighted by molar-refractivity contribution is 1.13. The zero-order valence-electron chi connectivity index (χ0n) is 5.36. The van der Waals surface area contributed by atoms with E-state index < -0.39 is 0 Å². The lowest BCUT2D eigenvalue weighted by Crippen LogP contribution is -1.87. The summed E-state index contributed by atoms with van der Waals surface area (Å²) in [7, 11) is 0. The fourth-order valence-corrected chi connectivity index (χ4v) is 0.961. The first kappa shape index (κ1) is 5.29. The van der Waals surface area contributed by atoms with Crippen LogP contribution in [0.1, 0.15) is 0 Å². The van der Waals surface area contributed by atoms with Crippen molar-refractivity contribution in [2.45, 2.75) is 0 Å². The molecule has 3 heteroatoms. The van der Waals surface area contributed by atoms with Crippen molar-refractivity contribution in [3.8, 4) is 0 Å². The second kappa shape index (κ2) is 1.73. The highest BCUT2D eigenvalue weighted by molar-refractivity contribution is 5.64. The zero-order chi connectivity index (χ0) is 6.97. The van der Waals surface area contributed by atoms with Crippen LogP contribution in [0.15, 0.2) is 30.7 Å². The third kappa shape index (κ3) is 0.572. The second-order valence-corrected chi connectivity index (χ2v) is 2.12. The van der Waals surface area contributed by atoms with E-state index in [0.717, 1.165) is 11.3 Å². The summed E-state index contributed by atoms with van der Waals surface area (Å²) in [6.45, 7) is 0. The van der Waals surface area contributed by atoms with Gasteiger partial charge in [0.25, 0.3) is 0 Å². The molecule has 2 N–H and O–H groups in total. The number of hydrogen-bond donors (Lipinski definition) is 1. The Morgan fingerprint density at radius 1 is 1.40 bits per heavy atom. The van der Waals surface area contributed by atoms with Gasteiger partial charge >= 0.3 is 0 Å². The number of anilines is 1. The molecular weight excluding hydrogens is 126 g/mol. The smallest absolute Gasteiger partial charge is 0.159 e. The van der Waals surface area contributed by atoms with Crippen molar-refractivity contribution in [3.05, 3.63) is 30.7 Å². The maximum atomic E-state index is 5.59. The van der Waals surface area contributed by atoms with Gasteiger partial charge in [-0.05, 0) is 12.1 Å². The summed E-state index contributed by atoms with van der Waals surface area (Å²) < 4.78 is 1.88. The van der Waals surface area contributed by atoms with Gasteiger partial charge < -0.3 is 10.1 Å². The number of nitrogens with two attached hydrogens (primary N) is 1. The van der Waals surface area contributed by atoms with Crippen LogP contribution in [0.3, 0.4) is 0 Å². The zero-order valence-corrected chi connectivity index (χ0v) is 5.36. The van der Waals surface area contributed by atoms with Crippen molar-refractivity contribution in [3.63, 3.8) is 0 Å². The first-order chi connectivity index (χ1) is 4.88. The summed E-state index contributed by atoms with van der Waals surface area (Å²) in [6.07, 6.45) is 5.53. The molecule has 50 valence electrons. The van der Waals surface area contributed by atoms with E-state index in [9.17, 15) is 0 Å². The Balaban J connectivity index is 2.93. The quantitative estimate of drug-likeness (QED) is 0.580.